The lowest BCUT2D eigenvalue weighted by atomic mass is 9.89. The molecule has 0 amide bonds. The van der Waals surface area contributed by atoms with Gasteiger partial charge in [0.05, 0.1) is 0 Å². The molecule has 0 saturated heterocycles. The number of rotatable bonds is 2. The van der Waals surface area contributed by atoms with Crippen LogP contribution in [0.1, 0.15) is 18.4 Å². The van der Waals surface area contributed by atoms with Gasteiger partial charge in [-0.2, -0.15) is 0 Å². The second-order valence-corrected chi connectivity index (χ2v) is 4.08. The largest absolute Gasteiger partial charge is 0.378 e. The Hall–Kier alpha value is -1.57. The smallest absolute Gasteiger partial charge is 0.159 e. The molecule has 2 heteroatoms. The lowest BCUT2D eigenvalue weighted by Crippen LogP contribution is -2.13. The molecule has 15 heavy (non-hydrogen) atoms. The highest BCUT2D eigenvalue weighted by atomic mass is 16.1. The number of hydrogen-bond donors (Lipinski definition) is 0. The van der Waals surface area contributed by atoms with Crippen molar-refractivity contribution in [1.82, 2.24) is 0 Å². The van der Waals surface area contributed by atoms with Crippen LogP contribution in [0.5, 0.6) is 0 Å². The highest BCUT2D eigenvalue weighted by molar-refractivity contribution is 6.05. The molecule has 0 aliphatic heterocycles. The summed E-state index contributed by atoms with van der Waals surface area (Å²) in [5, 5.41) is 0. The molecule has 1 aromatic rings. The molecule has 0 atom stereocenters. The monoisotopic (exact) mass is 201 g/mol. The number of carbonyl (C=O) groups excluding carboxylic acids is 1. The van der Waals surface area contributed by atoms with Crippen molar-refractivity contribution in [2.24, 2.45) is 0 Å². The minimum Gasteiger partial charge on any atom is -0.378 e. The van der Waals surface area contributed by atoms with Gasteiger partial charge in [0, 0.05) is 26.2 Å². The number of nitrogens with zero attached hydrogens (tertiary/aromatic N) is 1. The summed E-state index contributed by atoms with van der Waals surface area (Å²) in [6.45, 7) is 0. The molecule has 2 rings (SSSR count). The summed E-state index contributed by atoms with van der Waals surface area (Å²) in [5.41, 5.74) is 3.26. The van der Waals surface area contributed by atoms with Gasteiger partial charge in [0.15, 0.2) is 5.78 Å². The first-order chi connectivity index (χ1) is 7.16. The van der Waals surface area contributed by atoms with Crippen LogP contribution >= 0.6 is 0 Å². The average Bonchev–Trinajstić information content (AvgIpc) is 2.24. The van der Waals surface area contributed by atoms with Gasteiger partial charge in [0.1, 0.15) is 0 Å². The van der Waals surface area contributed by atoms with E-state index in [0.717, 1.165) is 24.0 Å². The van der Waals surface area contributed by atoms with Gasteiger partial charge < -0.3 is 4.90 Å². The molecular formula is C13H15NO. The Balaban J connectivity index is 2.17. The Labute approximate surface area is 90.2 Å². The SMILES string of the molecule is CN(C)c1ccc(/C=C2/CCC2=O)cc1. The zero-order valence-electron chi connectivity index (χ0n) is 9.16. The van der Waals surface area contributed by atoms with Crippen LogP contribution in [0.15, 0.2) is 29.8 Å². The molecule has 1 aliphatic rings. The molecule has 78 valence electrons. The number of ketones is 1. The molecule has 1 fully saturated rings. The Bertz CT molecular complexity index is 401. The Morgan fingerprint density at radius 1 is 1.13 bits per heavy atom. The summed E-state index contributed by atoms with van der Waals surface area (Å²) in [7, 11) is 4.03. The van der Waals surface area contributed by atoms with Crippen molar-refractivity contribution >= 4 is 17.5 Å². The van der Waals surface area contributed by atoms with Crippen LogP contribution in [0.2, 0.25) is 0 Å². The summed E-state index contributed by atoms with van der Waals surface area (Å²) in [4.78, 5) is 13.2. The highest BCUT2D eigenvalue weighted by Gasteiger charge is 2.19. The minimum atomic E-state index is 0.298. The number of carbonyl (C=O) groups is 1. The molecule has 0 radical (unpaired) electrons. The first kappa shape index (κ1) is 9.97. The van der Waals surface area contributed by atoms with Gasteiger partial charge in [-0.05, 0) is 35.8 Å². The van der Waals surface area contributed by atoms with Crippen molar-refractivity contribution in [3.8, 4) is 0 Å². The Morgan fingerprint density at radius 2 is 1.80 bits per heavy atom. The van der Waals surface area contributed by atoms with E-state index in [2.05, 4.69) is 17.0 Å². The Morgan fingerprint density at radius 3 is 2.20 bits per heavy atom. The van der Waals surface area contributed by atoms with Crippen LogP contribution in [0.3, 0.4) is 0 Å². The number of allylic oxidation sites excluding steroid dienone is 1. The molecule has 0 unspecified atom stereocenters. The molecule has 0 bridgehead atoms. The van der Waals surface area contributed by atoms with Crippen molar-refractivity contribution in [2.75, 3.05) is 19.0 Å². The van der Waals surface area contributed by atoms with Crippen LogP contribution in [0.4, 0.5) is 5.69 Å². The van der Waals surface area contributed by atoms with E-state index in [4.69, 9.17) is 0 Å². The second-order valence-electron chi connectivity index (χ2n) is 4.08. The van der Waals surface area contributed by atoms with E-state index < -0.39 is 0 Å². The van der Waals surface area contributed by atoms with Crippen LogP contribution in [-0.2, 0) is 4.79 Å². The summed E-state index contributed by atoms with van der Waals surface area (Å²) < 4.78 is 0. The van der Waals surface area contributed by atoms with Gasteiger partial charge >= 0.3 is 0 Å². The highest BCUT2D eigenvalue weighted by Crippen LogP contribution is 2.24. The van der Waals surface area contributed by atoms with E-state index in [1.165, 1.54) is 5.69 Å². The van der Waals surface area contributed by atoms with E-state index in [9.17, 15) is 4.79 Å². The lowest BCUT2D eigenvalue weighted by molar-refractivity contribution is -0.118. The molecule has 1 aliphatic carbocycles. The zero-order chi connectivity index (χ0) is 10.8. The van der Waals surface area contributed by atoms with E-state index in [1.54, 1.807) is 0 Å². The summed E-state index contributed by atoms with van der Waals surface area (Å²) in [6.07, 6.45) is 3.65. The number of Topliss-reactive ketones (excluding diaryl/α,β-unsaturated/α-hetero) is 1. The first-order valence-electron chi connectivity index (χ1n) is 5.18. The lowest BCUT2D eigenvalue weighted by Gasteiger charge is -2.15. The molecule has 0 N–H and O–H groups in total. The maximum Gasteiger partial charge on any atom is 0.159 e. The third-order valence-corrected chi connectivity index (χ3v) is 2.73. The van der Waals surface area contributed by atoms with E-state index in [-0.39, 0.29) is 0 Å². The molecule has 1 aromatic carbocycles. The van der Waals surface area contributed by atoms with Crippen LogP contribution in [0, 0.1) is 0 Å². The van der Waals surface area contributed by atoms with E-state index in [1.807, 2.05) is 32.3 Å². The maximum atomic E-state index is 11.1. The van der Waals surface area contributed by atoms with Crippen molar-refractivity contribution in [1.29, 1.82) is 0 Å². The zero-order valence-corrected chi connectivity index (χ0v) is 9.16. The predicted molar refractivity (Wildman–Crippen MR) is 63.0 cm³/mol. The van der Waals surface area contributed by atoms with Crippen molar-refractivity contribution < 1.29 is 4.79 Å². The summed E-state index contributed by atoms with van der Waals surface area (Å²) >= 11 is 0. The fourth-order valence-electron chi connectivity index (χ4n) is 1.59. The number of anilines is 1. The first-order valence-corrected chi connectivity index (χ1v) is 5.18. The van der Waals surface area contributed by atoms with E-state index in [0.29, 0.717) is 5.78 Å². The molecule has 0 aromatic heterocycles. The van der Waals surface area contributed by atoms with Gasteiger partial charge in [-0.15, -0.1) is 0 Å². The summed E-state index contributed by atoms with van der Waals surface area (Å²) in [6, 6.07) is 8.23. The second kappa shape index (κ2) is 3.89. The maximum absolute atomic E-state index is 11.1. The van der Waals surface area contributed by atoms with Gasteiger partial charge in [-0.3, -0.25) is 4.79 Å². The van der Waals surface area contributed by atoms with Gasteiger partial charge in [0.25, 0.3) is 0 Å². The van der Waals surface area contributed by atoms with Crippen LogP contribution in [-0.4, -0.2) is 19.9 Å². The summed E-state index contributed by atoms with van der Waals surface area (Å²) in [5.74, 6) is 0.298. The van der Waals surface area contributed by atoms with Crippen LogP contribution < -0.4 is 4.90 Å². The molecule has 0 heterocycles. The van der Waals surface area contributed by atoms with Gasteiger partial charge in [-0.1, -0.05) is 12.1 Å². The minimum absolute atomic E-state index is 0.298. The molecule has 0 spiro atoms. The normalized spacial score (nSPS) is 17.7. The van der Waals surface area contributed by atoms with Crippen molar-refractivity contribution in [3.63, 3.8) is 0 Å². The molecule has 2 nitrogen and oxygen atoms in total. The predicted octanol–water partition coefficient (Wildman–Crippen LogP) is 2.50. The standard InChI is InChI=1S/C13H15NO/c1-14(2)12-6-3-10(4-7-12)9-11-5-8-13(11)15/h3-4,6-7,9H,5,8H2,1-2H3/b11-9-. The number of hydrogen-bond acceptors (Lipinski definition) is 2. The average molecular weight is 201 g/mol. The fraction of sp³-hybridized carbons (Fsp3) is 0.308. The fourth-order valence-corrected chi connectivity index (χ4v) is 1.59. The molecular weight excluding hydrogens is 186 g/mol. The van der Waals surface area contributed by atoms with Crippen molar-refractivity contribution in [3.05, 3.63) is 35.4 Å². The molecule has 1 saturated carbocycles. The third-order valence-electron chi connectivity index (χ3n) is 2.73. The van der Waals surface area contributed by atoms with E-state index >= 15 is 0 Å². The quantitative estimate of drug-likeness (QED) is 0.685. The van der Waals surface area contributed by atoms with Crippen LogP contribution in [0.25, 0.3) is 6.08 Å². The van der Waals surface area contributed by atoms with Gasteiger partial charge in [-0.25, -0.2) is 0 Å². The van der Waals surface area contributed by atoms with Gasteiger partial charge in [0.2, 0.25) is 0 Å². The topological polar surface area (TPSA) is 20.3 Å². The third kappa shape index (κ3) is 2.09. The Kier molecular flexibility index (Phi) is 2.58. The van der Waals surface area contributed by atoms with Crippen molar-refractivity contribution in [2.45, 2.75) is 12.8 Å². The number of benzene rings is 1.